The highest BCUT2D eigenvalue weighted by molar-refractivity contribution is 5.85. The van der Waals surface area contributed by atoms with Crippen LogP contribution in [0.15, 0.2) is 12.7 Å². The molecule has 0 radical (unpaired) electrons. The molecular weight excluding hydrogens is 134 g/mol. The van der Waals surface area contributed by atoms with Crippen molar-refractivity contribution in [2.45, 2.75) is 19.8 Å². The van der Waals surface area contributed by atoms with Crippen LogP contribution in [0, 0.1) is 5.92 Å². The van der Waals surface area contributed by atoms with Gasteiger partial charge in [-0.3, -0.25) is 0 Å². The zero-order valence-electron chi connectivity index (χ0n) is 5.97. The van der Waals surface area contributed by atoms with E-state index in [1.165, 1.54) is 6.42 Å². The number of nitrogens with two attached hydrogens (primary N) is 1. The van der Waals surface area contributed by atoms with Crippen LogP contribution in [0.25, 0.3) is 0 Å². The number of hydrogen-bond acceptors (Lipinski definition) is 1. The van der Waals surface area contributed by atoms with Crippen molar-refractivity contribution in [1.29, 1.82) is 0 Å². The first-order chi connectivity index (χ1) is 3.81. The Hall–Kier alpha value is -0.0100. The van der Waals surface area contributed by atoms with Crippen molar-refractivity contribution in [3.05, 3.63) is 12.7 Å². The van der Waals surface area contributed by atoms with Crippen LogP contribution in [0.2, 0.25) is 0 Å². The molecule has 0 amide bonds. The maximum absolute atomic E-state index is 5.38. The van der Waals surface area contributed by atoms with Crippen molar-refractivity contribution in [3.8, 4) is 0 Å². The van der Waals surface area contributed by atoms with E-state index in [1.807, 2.05) is 6.08 Å². The minimum Gasteiger partial charge on any atom is -0.330 e. The predicted octanol–water partition coefficient (Wildman–Crippen LogP) is 1.97. The molecule has 9 heavy (non-hydrogen) atoms. The Morgan fingerprint density at radius 2 is 2.22 bits per heavy atom. The van der Waals surface area contributed by atoms with E-state index in [4.69, 9.17) is 5.73 Å². The minimum absolute atomic E-state index is 0. The van der Waals surface area contributed by atoms with Crippen molar-refractivity contribution < 1.29 is 0 Å². The average Bonchev–Trinajstić information content (AvgIpc) is 1.83. The monoisotopic (exact) mass is 149 g/mol. The van der Waals surface area contributed by atoms with Crippen LogP contribution in [0.4, 0.5) is 0 Å². The second-order valence-electron chi connectivity index (χ2n) is 2.21. The SMILES string of the molecule is C=CCCC(C)CN.Cl. The number of halogens is 1. The fourth-order valence-corrected chi connectivity index (χ4v) is 0.520. The number of allylic oxidation sites excluding steroid dienone is 1. The van der Waals surface area contributed by atoms with E-state index in [0.717, 1.165) is 13.0 Å². The molecule has 0 bridgehead atoms. The second kappa shape index (κ2) is 7.99. The quantitative estimate of drug-likeness (QED) is 0.608. The largest absolute Gasteiger partial charge is 0.330 e. The highest BCUT2D eigenvalue weighted by Crippen LogP contribution is 2.01. The summed E-state index contributed by atoms with van der Waals surface area (Å²) in [4.78, 5) is 0. The lowest BCUT2D eigenvalue weighted by atomic mass is 10.1. The summed E-state index contributed by atoms with van der Waals surface area (Å²) in [5, 5.41) is 0. The Labute approximate surface area is 63.7 Å². The molecule has 0 heterocycles. The third-order valence-electron chi connectivity index (χ3n) is 1.27. The lowest BCUT2D eigenvalue weighted by Crippen LogP contribution is -2.09. The van der Waals surface area contributed by atoms with Gasteiger partial charge < -0.3 is 5.73 Å². The van der Waals surface area contributed by atoms with Gasteiger partial charge in [-0.15, -0.1) is 19.0 Å². The first kappa shape index (κ1) is 11.7. The zero-order valence-corrected chi connectivity index (χ0v) is 6.79. The Bertz CT molecular complexity index is 63.9. The molecule has 0 aliphatic rings. The number of hydrogen-bond donors (Lipinski definition) is 1. The third-order valence-corrected chi connectivity index (χ3v) is 1.27. The average molecular weight is 150 g/mol. The van der Waals surface area contributed by atoms with Crippen molar-refractivity contribution in [3.63, 3.8) is 0 Å². The molecule has 0 aliphatic carbocycles. The topological polar surface area (TPSA) is 26.0 Å². The van der Waals surface area contributed by atoms with Gasteiger partial charge >= 0.3 is 0 Å². The molecule has 0 aromatic heterocycles. The summed E-state index contributed by atoms with van der Waals surface area (Å²) in [7, 11) is 0. The third kappa shape index (κ3) is 7.99. The fraction of sp³-hybridized carbons (Fsp3) is 0.714. The summed E-state index contributed by atoms with van der Waals surface area (Å²) in [5.41, 5.74) is 5.38. The molecule has 1 unspecified atom stereocenters. The van der Waals surface area contributed by atoms with E-state index in [2.05, 4.69) is 13.5 Å². The first-order valence-electron chi connectivity index (χ1n) is 3.12. The van der Waals surface area contributed by atoms with E-state index in [0.29, 0.717) is 5.92 Å². The molecule has 1 atom stereocenters. The van der Waals surface area contributed by atoms with Crippen molar-refractivity contribution in [2.24, 2.45) is 11.7 Å². The molecule has 0 rings (SSSR count). The van der Waals surface area contributed by atoms with Crippen LogP contribution in [-0.4, -0.2) is 6.54 Å². The van der Waals surface area contributed by atoms with Gasteiger partial charge in [0.05, 0.1) is 0 Å². The molecule has 2 N–H and O–H groups in total. The highest BCUT2D eigenvalue weighted by Gasteiger charge is 1.93. The predicted molar refractivity (Wildman–Crippen MR) is 44.9 cm³/mol. The molecule has 0 aromatic rings. The van der Waals surface area contributed by atoms with Crippen LogP contribution in [0.5, 0.6) is 0 Å². The first-order valence-corrected chi connectivity index (χ1v) is 3.12. The Balaban J connectivity index is 0. The van der Waals surface area contributed by atoms with Crippen molar-refractivity contribution in [2.75, 3.05) is 6.54 Å². The lowest BCUT2D eigenvalue weighted by molar-refractivity contribution is 0.551. The summed E-state index contributed by atoms with van der Waals surface area (Å²) in [6.45, 7) is 6.58. The van der Waals surface area contributed by atoms with Gasteiger partial charge in [-0.1, -0.05) is 13.0 Å². The van der Waals surface area contributed by atoms with Gasteiger partial charge in [0.25, 0.3) is 0 Å². The minimum atomic E-state index is 0. The molecule has 0 saturated heterocycles. The fourth-order valence-electron chi connectivity index (χ4n) is 0.520. The van der Waals surface area contributed by atoms with Gasteiger partial charge in [-0.25, -0.2) is 0 Å². The van der Waals surface area contributed by atoms with Crippen LogP contribution in [0.1, 0.15) is 19.8 Å². The van der Waals surface area contributed by atoms with E-state index in [1.54, 1.807) is 0 Å². The Morgan fingerprint density at radius 3 is 2.56 bits per heavy atom. The molecular formula is C7H16ClN. The maximum Gasteiger partial charge on any atom is -0.00514 e. The summed E-state index contributed by atoms with van der Waals surface area (Å²) < 4.78 is 0. The Kier molecular flexibility index (Phi) is 10.4. The van der Waals surface area contributed by atoms with E-state index < -0.39 is 0 Å². The van der Waals surface area contributed by atoms with Gasteiger partial charge in [0.2, 0.25) is 0 Å². The van der Waals surface area contributed by atoms with Gasteiger partial charge in [-0.2, -0.15) is 0 Å². The normalized spacial score (nSPS) is 11.8. The van der Waals surface area contributed by atoms with Crippen LogP contribution < -0.4 is 5.73 Å². The molecule has 0 aliphatic heterocycles. The molecule has 1 nitrogen and oxygen atoms in total. The van der Waals surface area contributed by atoms with Crippen LogP contribution >= 0.6 is 12.4 Å². The highest BCUT2D eigenvalue weighted by atomic mass is 35.5. The summed E-state index contributed by atoms with van der Waals surface area (Å²) in [6.07, 6.45) is 4.21. The molecule has 56 valence electrons. The molecule has 0 spiro atoms. The van der Waals surface area contributed by atoms with Crippen LogP contribution in [-0.2, 0) is 0 Å². The molecule has 0 saturated carbocycles. The smallest absolute Gasteiger partial charge is 0.00514 e. The van der Waals surface area contributed by atoms with E-state index >= 15 is 0 Å². The standard InChI is InChI=1S/C7H15N.ClH/c1-3-4-5-7(2)6-8;/h3,7H,1,4-6,8H2,2H3;1H. The summed E-state index contributed by atoms with van der Waals surface area (Å²) >= 11 is 0. The van der Waals surface area contributed by atoms with E-state index in [-0.39, 0.29) is 12.4 Å². The van der Waals surface area contributed by atoms with Crippen LogP contribution in [0.3, 0.4) is 0 Å². The van der Waals surface area contributed by atoms with Gasteiger partial charge in [0.15, 0.2) is 0 Å². The zero-order chi connectivity index (χ0) is 6.41. The van der Waals surface area contributed by atoms with Crippen molar-refractivity contribution >= 4 is 12.4 Å². The molecule has 0 aromatic carbocycles. The van der Waals surface area contributed by atoms with Gasteiger partial charge in [-0.05, 0) is 25.3 Å². The number of rotatable bonds is 4. The molecule has 0 fully saturated rings. The molecule has 2 heteroatoms. The second-order valence-corrected chi connectivity index (χ2v) is 2.21. The van der Waals surface area contributed by atoms with Crippen molar-refractivity contribution in [1.82, 2.24) is 0 Å². The lowest BCUT2D eigenvalue weighted by Gasteiger charge is -2.03. The van der Waals surface area contributed by atoms with Gasteiger partial charge in [0.1, 0.15) is 0 Å². The maximum atomic E-state index is 5.38. The summed E-state index contributed by atoms with van der Waals surface area (Å²) in [6, 6.07) is 0. The van der Waals surface area contributed by atoms with Gasteiger partial charge in [0, 0.05) is 0 Å². The summed E-state index contributed by atoms with van der Waals surface area (Å²) in [5.74, 6) is 0.660. The van der Waals surface area contributed by atoms with E-state index in [9.17, 15) is 0 Å². The Morgan fingerprint density at radius 1 is 1.67 bits per heavy atom.